The van der Waals surface area contributed by atoms with Crippen molar-refractivity contribution in [3.8, 4) is 0 Å². The molecular formula is C27H27N3O5. The second kappa shape index (κ2) is 10.7. The third-order valence-electron chi connectivity index (χ3n) is 5.79. The fourth-order valence-electron chi connectivity index (χ4n) is 4.13. The molecule has 1 aromatic carbocycles. The minimum Gasteiger partial charge on any atom is -0.472 e. The van der Waals surface area contributed by atoms with Gasteiger partial charge in [-0.1, -0.05) is 30.3 Å². The molecule has 4 rings (SSSR count). The van der Waals surface area contributed by atoms with Gasteiger partial charge in [-0.25, -0.2) is 14.6 Å². The van der Waals surface area contributed by atoms with Gasteiger partial charge in [0.15, 0.2) is 0 Å². The average Bonchev–Trinajstić information content (AvgIpc) is 3.56. The van der Waals surface area contributed by atoms with Crippen LogP contribution in [0.2, 0.25) is 0 Å². The van der Waals surface area contributed by atoms with E-state index in [0.717, 1.165) is 17.7 Å². The number of hydrogen-bond acceptors (Lipinski definition) is 7. The molecule has 8 heteroatoms. The Balaban J connectivity index is 1.43. The van der Waals surface area contributed by atoms with E-state index in [0.29, 0.717) is 28.1 Å². The van der Waals surface area contributed by atoms with E-state index in [1.54, 1.807) is 38.5 Å². The number of nitrogens with one attached hydrogen (secondary N) is 1. The molecule has 3 heterocycles. The topological polar surface area (TPSA) is 95.6 Å². The highest BCUT2D eigenvalue weighted by Crippen LogP contribution is 2.39. The number of hydrogen-bond donors (Lipinski definition) is 1. The van der Waals surface area contributed by atoms with Crippen molar-refractivity contribution in [2.24, 2.45) is 0 Å². The van der Waals surface area contributed by atoms with Gasteiger partial charge in [0.05, 0.1) is 43.0 Å². The molecule has 8 nitrogen and oxygen atoms in total. The van der Waals surface area contributed by atoms with Crippen molar-refractivity contribution in [2.75, 3.05) is 13.7 Å². The predicted octanol–water partition coefficient (Wildman–Crippen LogP) is 4.19. The Kier molecular flexibility index (Phi) is 7.30. The molecule has 0 fully saturated rings. The largest absolute Gasteiger partial charge is 0.472 e. The van der Waals surface area contributed by atoms with Crippen LogP contribution in [0.4, 0.5) is 0 Å². The zero-order valence-electron chi connectivity index (χ0n) is 19.9. The van der Waals surface area contributed by atoms with Gasteiger partial charge in [0.1, 0.15) is 6.61 Å². The Hall–Kier alpha value is -4.33. The number of rotatable bonds is 8. The number of imidazole rings is 1. The molecule has 180 valence electrons. The quantitative estimate of drug-likeness (QED) is 0.490. The van der Waals surface area contributed by atoms with Crippen molar-refractivity contribution in [2.45, 2.75) is 26.3 Å². The van der Waals surface area contributed by atoms with Gasteiger partial charge in [-0.15, -0.1) is 0 Å². The maximum atomic E-state index is 13.1. The Bertz CT molecular complexity index is 1270. The summed E-state index contributed by atoms with van der Waals surface area (Å²) in [5.74, 6) is -1.69. The molecule has 0 amide bonds. The average molecular weight is 474 g/mol. The van der Waals surface area contributed by atoms with Gasteiger partial charge >= 0.3 is 11.9 Å². The van der Waals surface area contributed by atoms with Gasteiger partial charge in [-0.2, -0.15) is 0 Å². The first-order chi connectivity index (χ1) is 17.0. The molecule has 0 bridgehead atoms. The number of nitrogens with zero attached hydrogens (tertiary/aromatic N) is 2. The van der Waals surface area contributed by atoms with E-state index in [-0.39, 0.29) is 6.61 Å². The molecule has 0 saturated carbocycles. The monoisotopic (exact) mass is 473 g/mol. The van der Waals surface area contributed by atoms with Gasteiger partial charge < -0.3 is 23.8 Å². The summed E-state index contributed by atoms with van der Waals surface area (Å²) in [6, 6.07) is 9.84. The Morgan fingerprint density at radius 2 is 1.86 bits per heavy atom. The molecule has 1 unspecified atom stereocenters. The van der Waals surface area contributed by atoms with Crippen LogP contribution in [-0.4, -0.2) is 35.2 Å². The van der Waals surface area contributed by atoms with E-state index in [2.05, 4.69) is 10.3 Å². The van der Waals surface area contributed by atoms with Crippen LogP contribution < -0.4 is 5.32 Å². The van der Waals surface area contributed by atoms with Crippen LogP contribution in [0.3, 0.4) is 0 Å². The molecule has 0 saturated heterocycles. The number of ether oxygens (including phenoxy) is 2. The maximum Gasteiger partial charge on any atom is 0.337 e. The lowest BCUT2D eigenvalue weighted by Crippen LogP contribution is -2.32. The van der Waals surface area contributed by atoms with Crippen molar-refractivity contribution in [1.29, 1.82) is 0 Å². The number of allylic oxidation sites excluding steroid dienone is 2. The first-order valence-corrected chi connectivity index (χ1v) is 11.1. The molecule has 0 spiro atoms. The van der Waals surface area contributed by atoms with E-state index < -0.39 is 17.9 Å². The van der Waals surface area contributed by atoms with E-state index in [1.807, 2.05) is 41.1 Å². The molecule has 1 N–H and O–H groups in total. The number of methoxy groups -OCH3 is 1. The summed E-state index contributed by atoms with van der Waals surface area (Å²) in [7, 11) is 1.31. The minimum atomic E-state index is -0.651. The van der Waals surface area contributed by atoms with Gasteiger partial charge in [0.2, 0.25) is 0 Å². The zero-order chi connectivity index (χ0) is 24.8. The lowest BCUT2D eigenvalue weighted by molar-refractivity contribution is -0.138. The molecule has 0 radical (unpaired) electrons. The summed E-state index contributed by atoms with van der Waals surface area (Å²) < 4.78 is 17.8. The van der Waals surface area contributed by atoms with Crippen molar-refractivity contribution in [3.05, 3.63) is 107 Å². The van der Waals surface area contributed by atoms with Crippen LogP contribution in [-0.2, 0) is 25.6 Å². The van der Waals surface area contributed by atoms with Crippen LogP contribution in [0.5, 0.6) is 0 Å². The first kappa shape index (κ1) is 23.8. The molecular weight excluding hydrogens is 446 g/mol. The number of dihydropyridines is 1. The molecule has 1 atom stereocenters. The summed E-state index contributed by atoms with van der Waals surface area (Å²) in [6.07, 6.45) is 12.2. The van der Waals surface area contributed by atoms with Crippen molar-refractivity contribution in [1.82, 2.24) is 14.9 Å². The standard InChI is InChI=1S/C27H27N3O5/c1-18-23(26(31)33-3)25(22-10-14-34-16-22)24(19(2)29-18)27(32)35-13-4-5-20-6-8-21(9-7-20)15-30-12-11-28-17-30/h4-12,14,16-17,25,29H,13,15H2,1-3H3. The third kappa shape index (κ3) is 5.43. The number of esters is 2. The van der Waals surface area contributed by atoms with E-state index >= 15 is 0 Å². The van der Waals surface area contributed by atoms with E-state index in [9.17, 15) is 9.59 Å². The SMILES string of the molecule is COC(=O)C1=C(C)NC(C)=C(C(=O)OCC=Cc2ccc(Cn3ccnc3)cc2)C1c1ccoc1. The van der Waals surface area contributed by atoms with Crippen molar-refractivity contribution in [3.63, 3.8) is 0 Å². The summed E-state index contributed by atoms with van der Waals surface area (Å²) >= 11 is 0. The number of carbonyl (C=O) groups excluding carboxylic acids is 2. The summed E-state index contributed by atoms with van der Waals surface area (Å²) in [5, 5.41) is 3.11. The number of carbonyl (C=O) groups is 2. The lowest BCUT2D eigenvalue weighted by Gasteiger charge is -2.29. The van der Waals surface area contributed by atoms with E-state index in [4.69, 9.17) is 13.9 Å². The van der Waals surface area contributed by atoms with Gasteiger partial charge in [-0.3, -0.25) is 0 Å². The smallest absolute Gasteiger partial charge is 0.337 e. The summed E-state index contributed by atoms with van der Waals surface area (Å²) in [4.78, 5) is 29.7. The van der Waals surface area contributed by atoms with Crippen LogP contribution in [0, 0.1) is 0 Å². The Labute approximate surface area is 203 Å². The van der Waals surface area contributed by atoms with Crippen LogP contribution in [0.15, 0.2) is 94.6 Å². The number of benzene rings is 1. The lowest BCUT2D eigenvalue weighted by atomic mass is 9.81. The van der Waals surface area contributed by atoms with Gasteiger partial charge in [0.25, 0.3) is 0 Å². The molecule has 1 aliphatic rings. The molecule has 2 aromatic heterocycles. The van der Waals surface area contributed by atoms with Crippen molar-refractivity contribution < 1.29 is 23.5 Å². The molecule has 3 aromatic rings. The zero-order valence-corrected chi connectivity index (χ0v) is 19.9. The molecule has 1 aliphatic heterocycles. The fraction of sp³-hybridized carbons (Fsp3) is 0.222. The van der Waals surface area contributed by atoms with Gasteiger partial charge in [-0.05, 0) is 37.1 Å². The van der Waals surface area contributed by atoms with Crippen LogP contribution in [0.1, 0.15) is 36.5 Å². The highest BCUT2D eigenvalue weighted by molar-refractivity contribution is 5.99. The second-order valence-electron chi connectivity index (χ2n) is 8.16. The fourth-order valence-corrected chi connectivity index (χ4v) is 4.13. The first-order valence-electron chi connectivity index (χ1n) is 11.1. The van der Waals surface area contributed by atoms with Crippen LogP contribution >= 0.6 is 0 Å². The van der Waals surface area contributed by atoms with Gasteiger partial charge in [0, 0.05) is 35.9 Å². The van der Waals surface area contributed by atoms with Crippen molar-refractivity contribution >= 4 is 18.0 Å². The Morgan fingerprint density at radius 1 is 1.11 bits per heavy atom. The minimum absolute atomic E-state index is 0.0841. The summed E-state index contributed by atoms with van der Waals surface area (Å²) in [5.41, 5.74) is 4.75. The highest BCUT2D eigenvalue weighted by atomic mass is 16.5. The molecule has 35 heavy (non-hydrogen) atoms. The number of furan rings is 1. The Morgan fingerprint density at radius 3 is 2.49 bits per heavy atom. The normalized spacial score (nSPS) is 15.9. The van der Waals surface area contributed by atoms with Crippen LogP contribution in [0.25, 0.3) is 6.08 Å². The number of aromatic nitrogens is 2. The third-order valence-corrected chi connectivity index (χ3v) is 5.79. The van der Waals surface area contributed by atoms with E-state index in [1.165, 1.54) is 19.6 Å². The predicted molar refractivity (Wildman–Crippen MR) is 130 cm³/mol. The highest BCUT2D eigenvalue weighted by Gasteiger charge is 2.38. The second-order valence-corrected chi connectivity index (χ2v) is 8.16. The maximum absolute atomic E-state index is 13.1. The summed E-state index contributed by atoms with van der Waals surface area (Å²) in [6.45, 7) is 4.39. The molecule has 0 aliphatic carbocycles.